The van der Waals surface area contributed by atoms with Gasteiger partial charge in [-0.3, -0.25) is 9.59 Å². The molecule has 6 heteroatoms. The summed E-state index contributed by atoms with van der Waals surface area (Å²) in [6.45, 7) is 2.68. The molecule has 0 unspecified atom stereocenters. The Balaban J connectivity index is 1.63. The van der Waals surface area contributed by atoms with Gasteiger partial charge in [0.1, 0.15) is 5.60 Å². The summed E-state index contributed by atoms with van der Waals surface area (Å²) in [4.78, 5) is 23.6. The van der Waals surface area contributed by atoms with E-state index in [1.165, 1.54) is 6.26 Å². The smallest absolute Gasteiger partial charge is 0.287 e. The number of aliphatic hydroxyl groups is 1. The number of carbonyl (C=O) groups excluding carboxylic acids is 2. The minimum Gasteiger partial charge on any atom is -0.459 e. The van der Waals surface area contributed by atoms with E-state index in [1.807, 2.05) is 0 Å². The third-order valence-corrected chi connectivity index (χ3v) is 3.85. The fourth-order valence-corrected chi connectivity index (χ4v) is 2.53. The molecule has 1 aliphatic carbocycles. The number of aryl methyl sites for hydroxylation is 1. The molecule has 1 saturated carbocycles. The topological polar surface area (TPSA) is 91.6 Å². The van der Waals surface area contributed by atoms with Crippen LogP contribution in [0.3, 0.4) is 0 Å². The zero-order valence-electron chi connectivity index (χ0n) is 12.3. The lowest BCUT2D eigenvalue weighted by molar-refractivity contribution is -0.139. The molecule has 116 valence electrons. The summed E-state index contributed by atoms with van der Waals surface area (Å²) in [5, 5.41) is 15.5. The molecule has 1 aliphatic rings. The lowest BCUT2D eigenvalue weighted by Crippen LogP contribution is -2.45. The second-order valence-electron chi connectivity index (χ2n) is 5.54. The molecular weight excluding hydrogens is 272 g/mol. The molecule has 1 fully saturated rings. The van der Waals surface area contributed by atoms with Crippen LogP contribution in [0.15, 0.2) is 16.7 Å². The highest BCUT2D eigenvalue weighted by Crippen LogP contribution is 2.29. The highest BCUT2D eigenvalue weighted by molar-refractivity contribution is 5.92. The van der Waals surface area contributed by atoms with Gasteiger partial charge in [0, 0.05) is 18.7 Å². The van der Waals surface area contributed by atoms with Crippen LogP contribution in [0.25, 0.3) is 0 Å². The van der Waals surface area contributed by atoms with Gasteiger partial charge in [0.2, 0.25) is 0 Å². The lowest BCUT2D eigenvalue weighted by Gasteiger charge is -2.20. The average Bonchev–Trinajstić information content (AvgIpc) is 3.07. The summed E-state index contributed by atoms with van der Waals surface area (Å²) < 4.78 is 5.09. The second-order valence-corrected chi connectivity index (χ2v) is 5.54. The average molecular weight is 294 g/mol. The van der Waals surface area contributed by atoms with Crippen LogP contribution in [-0.4, -0.2) is 35.6 Å². The normalized spacial score (nSPS) is 16.7. The Hall–Kier alpha value is -1.82. The van der Waals surface area contributed by atoms with Gasteiger partial charge in [-0.15, -0.1) is 0 Å². The fraction of sp³-hybridized carbons (Fsp3) is 0.600. The van der Waals surface area contributed by atoms with Crippen molar-refractivity contribution in [3.8, 4) is 0 Å². The molecular formula is C15H22N2O4. The van der Waals surface area contributed by atoms with Crippen molar-refractivity contribution < 1.29 is 19.1 Å². The van der Waals surface area contributed by atoms with Gasteiger partial charge in [-0.05, 0) is 45.1 Å². The Morgan fingerprint density at radius 2 is 1.95 bits per heavy atom. The van der Waals surface area contributed by atoms with E-state index in [0.29, 0.717) is 38.1 Å². The van der Waals surface area contributed by atoms with Crippen molar-refractivity contribution >= 4 is 11.8 Å². The van der Waals surface area contributed by atoms with E-state index >= 15 is 0 Å². The van der Waals surface area contributed by atoms with Crippen LogP contribution in [0.2, 0.25) is 0 Å². The van der Waals surface area contributed by atoms with E-state index in [0.717, 1.165) is 18.4 Å². The van der Waals surface area contributed by atoms with Crippen molar-refractivity contribution in [3.63, 3.8) is 0 Å². The zero-order chi connectivity index (χ0) is 15.3. The van der Waals surface area contributed by atoms with E-state index < -0.39 is 5.60 Å². The Labute approximate surface area is 123 Å². The fourth-order valence-electron chi connectivity index (χ4n) is 2.53. The molecule has 0 bridgehead atoms. The molecule has 21 heavy (non-hydrogen) atoms. The Bertz CT molecular complexity index is 504. The number of hydrogen-bond donors (Lipinski definition) is 3. The van der Waals surface area contributed by atoms with Gasteiger partial charge in [-0.1, -0.05) is 0 Å². The third kappa shape index (κ3) is 3.85. The summed E-state index contributed by atoms with van der Waals surface area (Å²) in [5.41, 5.74) is -0.390. The summed E-state index contributed by atoms with van der Waals surface area (Å²) in [7, 11) is 0. The van der Waals surface area contributed by atoms with Crippen LogP contribution in [0, 0.1) is 6.92 Å². The maximum absolute atomic E-state index is 11.8. The zero-order valence-corrected chi connectivity index (χ0v) is 12.3. The van der Waals surface area contributed by atoms with Crippen molar-refractivity contribution in [1.82, 2.24) is 10.6 Å². The van der Waals surface area contributed by atoms with Gasteiger partial charge in [-0.2, -0.15) is 0 Å². The van der Waals surface area contributed by atoms with Crippen LogP contribution in [0.5, 0.6) is 0 Å². The van der Waals surface area contributed by atoms with Crippen LogP contribution in [0.1, 0.15) is 48.2 Å². The molecule has 0 radical (unpaired) electrons. The van der Waals surface area contributed by atoms with Crippen molar-refractivity contribution in [1.29, 1.82) is 0 Å². The largest absolute Gasteiger partial charge is 0.459 e. The van der Waals surface area contributed by atoms with E-state index in [1.54, 1.807) is 13.0 Å². The first kappa shape index (κ1) is 15.6. The number of furan rings is 1. The predicted molar refractivity (Wildman–Crippen MR) is 76.8 cm³/mol. The molecule has 0 spiro atoms. The van der Waals surface area contributed by atoms with E-state index in [4.69, 9.17) is 4.42 Å². The Morgan fingerprint density at radius 3 is 2.57 bits per heavy atom. The highest BCUT2D eigenvalue weighted by Gasteiger charge is 2.38. The number of rotatable bonds is 6. The van der Waals surface area contributed by atoms with Crippen molar-refractivity contribution in [2.24, 2.45) is 0 Å². The van der Waals surface area contributed by atoms with E-state index in [-0.39, 0.29) is 11.8 Å². The molecule has 0 saturated heterocycles. The molecule has 0 atom stereocenters. The SMILES string of the molecule is Cc1ccoc1C(=O)NCCCNC(=O)C1(O)CCCC1. The van der Waals surface area contributed by atoms with Crippen LogP contribution in [-0.2, 0) is 4.79 Å². The van der Waals surface area contributed by atoms with Gasteiger partial charge in [0.05, 0.1) is 6.26 Å². The predicted octanol–water partition coefficient (Wildman–Crippen LogP) is 1.13. The highest BCUT2D eigenvalue weighted by atomic mass is 16.3. The van der Waals surface area contributed by atoms with Crippen LogP contribution in [0.4, 0.5) is 0 Å². The summed E-state index contributed by atoms with van der Waals surface area (Å²) in [5.74, 6) is -0.231. The van der Waals surface area contributed by atoms with Crippen LogP contribution < -0.4 is 10.6 Å². The first-order chi connectivity index (χ1) is 10.0. The van der Waals surface area contributed by atoms with Crippen LogP contribution >= 0.6 is 0 Å². The number of amides is 2. The molecule has 3 N–H and O–H groups in total. The molecule has 6 nitrogen and oxygen atoms in total. The minimum absolute atomic E-state index is 0.252. The molecule has 1 aromatic heterocycles. The van der Waals surface area contributed by atoms with Gasteiger partial charge >= 0.3 is 0 Å². The summed E-state index contributed by atoms with van der Waals surface area (Å²) in [6, 6.07) is 1.73. The summed E-state index contributed by atoms with van der Waals surface area (Å²) >= 11 is 0. The summed E-state index contributed by atoms with van der Waals surface area (Å²) in [6.07, 6.45) is 4.94. The van der Waals surface area contributed by atoms with E-state index in [9.17, 15) is 14.7 Å². The molecule has 0 aromatic carbocycles. The molecule has 1 aromatic rings. The van der Waals surface area contributed by atoms with Crippen molar-refractivity contribution in [2.45, 2.75) is 44.6 Å². The maximum Gasteiger partial charge on any atom is 0.287 e. The van der Waals surface area contributed by atoms with Crippen molar-refractivity contribution in [2.75, 3.05) is 13.1 Å². The first-order valence-electron chi connectivity index (χ1n) is 7.36. The minimum atomic E-state index is -1.19. The van der Waals surface area contributed by atoms with Gasteiger partial charge in [0.15, 0.2) is 5.76 Å². The molecule has 1 heterocycles. The monoisotopic (exact) mass is 294 g/mol. The number of carbonyl (C=O) groups is 2. The van der Waals surface area contributed by atoms with E-state index in [2.05, 4.69) is 10.6 Å². The lowest BCUT2D eigenvalue weighted by atomic mass is 10.0. The van der Waals surface area contributed by atoms with Gasteiger partial charge < -0.3 is 20.2 Å². The maximum atomic E-state index is 11.8. The molecule has 2 rings (SSSR count). The second kappa shape index (κ2) is 6.76. The van der Waals surface area contributed by atoms with Gasteiger partial charge in [0.25, 0.3) is 11.8 Å². The third-order valence-electron chi connectivity index (χ3n) is 3.85. The standard InChI is InChI=1S/C15H22N2O4/c1-11-5-10-21-12(11)13(18)16-8-4-9-17-14(19)15(20)6-2-3-7-15/h5,10,20H,2-4,6-9H2,1H3,(H,16,18)(H,17,19). The molecule has 0 aliphatic heterocycles. The molecule has 2 amide bonds. The van der Waals surface area contributed by atoms with Crippen molar-refractivity contribution in [3.05, 3.63) is 23.7 Å². The Kier molecular flexibility index (Phi) is 5.01. The van der Waals surface area contributed by atoms with Gasteiger partial charge in [-0.25, -0.2) is 0 Å². The Morgan fingerprint density at radius 1 is 1.29 bits per heavy atom. The number of hydrogen-bond acceptors (Lipinski definition) is 4. The first-order valence-corrected chi connectivity index (χ1v) is 7.36. The quantitative estimate of drug-likeness (QED) is 0.686. The number of nitrogens with one attached hydrogen (secondary N) is 2.